The van der Waals surface area contributed by atoms with E-state index in [2.05, 4.69) is 0 Å². The molecule has 0 aromatic heterocycles. The Morgan fingerprint density at radius 1 is 0.767 bits per heavy atom. The summed E-state index contributed by atoms with van der Waals surface area (Å²) >= 11 is 0. The third-order valence-electron chi connectivity index (χ3n) is 7.43. The van der Waals surface area contributed by atoms with E-state index in [-0.39, 0.29) is 25.9 Å². The van der Waals surface area contributed by atoms with Gasteiger partial charge in [0, 0.05) is 41.7 Å². The van der Waals surface area contributed by atoms with Gasteiger partial charge < -0.3 is 33.0 Å². The fraction of sp³-hybridized carbons (Fsp3) is 0.345. The fourth-order valence-corrected chi connectivity index (χ4v) is 6.55. The van der Waals surface area contributed by atoms with Gasteiger partial charge in [-0.3, -0.25) is 0 Å². The molecule has 0 radical (unpaired) electrons. The lowest BCUT2D eigenvalue weighted by Crippen LogP contribution is -2.34. The standard InChI is InChI=1S/C29H30N2O10S2/c32-42(33,34)18-8-16-30-24(40-26-20-10-4-6-12-22(20)38-28(26)30)14-2-1-3-15-25-31(17-9-19-43(35,36)37)29-27(41-25)21-11-5-7-13-23(21)39-29/h1-7,10-15,26-29H,8-9,16-19H2,(H-,32,33,34,35,36,37)/p-1. The van der Waals surface area contributed by atoms with Gasteiger partial charge in [-0.25, -0.2) is 16.8 Å². The maximum atomic E-state index is 11.2. The van der Waals surface area contributed by atoms with Crippen molar-refractivity contribution in [3.8, 4) is 11.5 Å². The van der Waals surface area contributed by atoms with Crippen LogP contribution in [0, 0.1) is 0 Å². The molecular formula is C29H29N2O10S2-. The summed E-state index contributed by atoms with van der Waals surface area (Å²) in [5, 5.41) is 0. The molecular weight excluding hydrogens is 600 g/mol. The Hall–Kier alpha value is -3.85. The average molecular weight is 630 g/mol. The Morgan fingerprint density at radius 3 is 2.14 bits per heavy atom. The van der Waals surface area contributed by atoms with E-state index in [1.807, 2.05) is 48.5 Å². The van der Waals surface area contributed by atoms with Gasteiger partial charge in [0.25, 0.3) is 0 Å². The average Bonchev–Trinajstić information content (AvgIpc) is 3.67. The lowest BCUT2D eigenvalue weighted by Gasteiger charge is -2.23. The molecule has 0 spiro atoms. The molecule has 12 nitrogen and oxygen atoms in total. The predicted octanol–water partition coefficient (Wildman–Crippen LogP) is 2.50. The molecule has 2 aromatic carbocycles. The summed E-state index contributed by atoms with van der Waals surface area (Å²) in [6, 6.07) is 15.0. The highest BCUT2D eigenvalue weighted by Gasteiger charge is 2.51. The van der Waals surface area contributed by atoms with Crippen molar-refractivity contribution in [1.82, 2.24) is 4.90 Å². The number of hydrogen-bond acceptors (Lipinski definition) is 11. The van der Waals surface area contributed by atoms with Gasteiger partial charge in [-0.05, 0) is 24.6 Å². The lowest BCUT2D eigenvalue weighted by atomic mass is 10.1. The first kappa shape index (κ1) is 29.2. The van der Waals surface area contributed by atoms with Crippen LogP contribution in [0.25, 0.3) is 0 Å². The summed E-state index contributed by atoms with van der Waals surface area (Å²) in [4.78, 5) is 1.81. The second kappa shape index (κ2) is 11.7. The van der Waals surface area contributed by atoms with Crippen molar-refractivity contribution in [2.45, 2.75) is 37.5 Å². The number of rotatable bonds is 11. The summed E-state index contributed by atoms with van der Waals surface area (Å²) < 4.78 is 93.3. The number of hydrogen-bond donors (Lipinski definition) is 0. The molecule has 14 heteroatoms. The molecule has 6 rings (SSSR count). The molecule has 4 heterocycles. The van der Waals surface area contributed by atoms with Gasteiger partial charge in [-0.1, -0.05) is 54.6 Å². The summed E-state index contributed by atoms with van der Waals surface area (Å²) in [6.07, 6.45) is 7.15. The SMILES string of the molecule is O=S(=O)([O-])CCCN1C(=CC=CC=CC2=[N+](CCCS(=O)(=O)[O-])C3Oc4ccccc4C3O2)OC2c3ccccc3OC21. The van der Waals surface area contributed by atoms with E-state index in [1.54, 1.807) is 39.9 Å². The summed E-state index contributed by atoms with van der Waals surface area (Å²) in [5.41, 5.74) is 1.77. The van der Waals surface area contributed by atoms with Gasteiger partial charge in [0.05, 0.1) is 20.2 Å². The van der Waals surface area contributed by atoms with Crippen molar-refractivity contribution < 1.29 is 49.5 Å². The zero-order valence-corrected chi connectivity index (χ0v) is 24.5. The molecule has 4 aliphatic rings. The van der Waals surface area contributed by atoms with Gasteiger partial charge >= 0.3 is 12.1 Å². The van der Waals surface area contributed by atoms with Crippen LogP contribution in [-0.4, -0.2) is 78.4 Å². The van der Waals surface area contributed by atoms with Crippen LogP contribution >= 0.6 is 0 Å². The van der Waals surface area contributed by atoms with E-state index >= 15 is 0 Å². The number of ether oxygens (including phenoxy) is 4. The van der Waals surface area contributed by atoms with Crippen LogP contribution in [0.2, 0.25) is 0 Å². The summed E-state index contributed by atoms with van der Waals surface area (Å²) in [5.74, 6) is 1.35. The third kappa shape index (κ3) is 6.42. The van der Waals surface area contributed by atoms with E-state index in [1.165, 1.54) is 0 Å². The molecule has 0 bridgehead atoms. The Labute approximate surface area is 249 Å². The molecule has 0 N–H and O–H groups in total. The van der Waals surface area contributed by atoms with Crippen molar-refractivity contribution in [1.29, 1.82) is 0 Å². The van der Waals surface area contributed by atoms with E-state index in [0.29, 0.717) is 23.3 Å². The predicted molar refractivity (Wildman–Crippen MR) is 151 cm³/mol. The minimum atomic E-state index is -4.35. The number of benzene rings is 2. The number of para-hydroxylation sites is 2. The largest absolute Gasteiger partial charge is 0.748 e. The number of fused-ring (bicyclic) bond motifs is 6. The first-order chi connectivity index (χ1) is 20.6. The maximum absolute atomic E-state index is 11.2. The molecule has 228 valence electrons. The van der Waals surface area contributed by atoms with Crippen LogP contribution in [0.1, 0.15) is 36.2 Å². The van der Waals surface area contributed by atoms with Gasteiger partial charge in [0.2, 0.25) is 12.3 Å². The van der Waals surface area contributed by atoms with E-state index in [0.717, 1.165) is 11.1 Å². The molecule has 4 unspecified atom stereocenters. The number of nitrogens with zero attached hydrogens (tertiary/aromatic N) is 2. The highest BCUT2D eigenvalue weighted by Crippen LogP contribution is 2.47. The summed E-state index contributed by atoms with van der Waals surface area (Å²) in [7, 11) is -8.71. The summed E-state index contributed by atoms with van der Waals surface area (Å²) in [6.45, 7) is 0.492. The van der Waals surface area contributed by atoms with Crippen LogP contribution in [-0.2, 0) is 29.7 Å². The zero-order chi connectivity index (χ0) is 30.2. The Bertz CT molecular complexity index is 1730. The van der Waals surface area contributed by atoms with Gasteiger partial charge in [0.15, 0.2) is 18.5 Å². The quantitative estimate of drug-likeness (QED) is 0.204. The second-order valence-corrected chi connectivity index (χ2v) is 13.4. The molecule has 43 heavy (non-hydrogen) atoms. The Kier molecular flexibility index (Phi) is 7.94. The smallest absolute Gasteiger partial charge is 0.366 e. The molecule has 4 atom stereocenters. The first-order valence-corrected chi connectivity index (χ1v) is 16.9. The fourth-order valence-electron chi connectivity index (χ4n) is 5.59. The van der Waals surface area contributed by atoms with E-state index in [9.17, 15) is 25.9 Å². The Balaban J connectivity index is 1.18. The topological polar surface area (TPSA) is 158 Å². The molecule has 1 saturated heterocycles. The maximum Gasteiger partial charge on any atom is 0.366 e. The highest BCUT2D eigenvalue weighted by atomic mass is 32.2. The monoisotopic (exact) mass is 629 g/mol. The Morgan fingerprint density at radius 2 is 1.42 bits per heavy atom. The highest BCUT2D eigenvalue weighted by molar-refractivity contribution is 7.85. The van der Waals surface area contributed by atoms with Gasteiger partial charge in [-0.15, -0.1) is 0 Å². The number of allylic oxidation sites excluding steroid dienone is 4. The van der Waals surface area contributed by atoms with Crippen LogP contribution < -0.4 is 9.47 Å². The molecule has 4 aliphatic heterocycles. The first-order valence-electron chi connectivity index (χ1n) is 13.7. The molecule has 0 aliphatic carbocycles. The van der Waals surface area contributed by atoms with Crippen molar-refractivity contribution in [3.05, 3.63) is 95.9 Å². The minimum absolute atomic E-state index is 0.117. The van der Waals surface area contributed by atoms with Crippen molar-refractivity contribution in [3.63, 3.8) is 0 Å². The van der Waals surface area contributed by atoms with E-state index in [4.69, 9.17) is 18.9 Å². The molecule has 0 saturated carbocycles. The van der Waals surface area contributed by atoms with Crippen LogP contribution in [0.4, 0.5) is 0 Å². The van der Waals surface area contributed by atoms with Crippen LogP contribution in [0.5, 0.6) is 11.5 Å². The van der Waals surface area contributed by atoms with Crippen molar-refractivity contribution >= 4 is 26.1 Å². The molecule has 1 fully saturated rings. The van der Waals surface area contributed by atoms with Gasteiger partial charge in [-0.2, -0.15) is 4.58 Å². The lowest BCUT2D eigenvalue weighted by molar-refractivity contribution is -0.593. The third-order valence-corrected chi connectivity index (χ3v) is 9.00. The van der Waals surface area contributed by atoms with E-state index < -0.39 is 56.4 Å². The molecule has 0 amide bonds. The normalized spacial score (nSPS) is 25.0. The minimum Gasteiger partial charge on any atom is -0.748 e. The van der Waals surface area contributed by atoms with Crippen LogP contribution in [0.15, 0.2) is 84.8 Å². The van der Waals surface area contributed by atoms with Crippen molar-refractivity contribution in [2.24, 2.45) is 0 Å². The second-order valence-electron chi connectivity index (χ2n) is 10.4. The zero-order valence-electron chi connectivity index (χ0n) is 22.9. The molecule has 2 aromatic rings. The van der Waals surface area contributed by atoms with Crippen LogP contribution in [0.3, 0.4) is 0 Å². The van der Waals surface area contributed by atoms with Crippen molar-refractivity contribution in [2.75, 3.05) is 24.6 Å². The van der Waals surface area contributed by atoms with Gasteiger partial charge in [0.1, 0.15) is 11.5 Å².